The Morgan fingerprint density at radius 3 is 2.62 bits per heavy atom. The molecule has 2 rings (SSSR count). The van der Waals surface area contributed by atoms with E-state index in [-0.39, 0.29) is 5.92 Å². The molecule has 0 fully saturated rings. The predicted octanol–water partition coefficient (Wildman–Crippen LogP) is 2.80. The first kappa shape index (κ1) is 15.6. The van der Waals surface area contributed by atoms with Crippen molar-refractivity contribution in [3.05, 3.63) is 55.3 Å². The molecule has 21 heavy (non-hydrogen) atoms. The third-order valence-electron chi connectivity index (χ3n) is 2.93. The summed E-state index contributed by atoms with van der Waals surface area (Å²) >= 11 is 1.93. The number of aromatic carboxylic acids is 1. The van der Waals surface area contributed by atoms with Gasteiger partial charge in [0.05, 0.1) is 5.69 Å². The lowest BCUT2D eigenvalue weighted by Crippen LogP contribution is -2.25. The van der Waals surface area contributed by atoms with E-state index in [1.54, 1.807) is 13.8 Å². The molecule has 0 atom stereocenters. The first-order chi connectivity index (χ1) is 9.81. The van der Waals surface area contributed by atoms with Crippen molar-refractivity contribution in [3.63, 3.8) is 0 Å². The van der Waals surface area contributed by atoms with Gasteiger partial charge in [-0.25, -0.2) is 13.9 Å². The van der Waals surface area contributed by atoms with E-state index in [9.17, 15) is 14.0 Å². The molecule has 1 aromatic carbocycles. The Balaban J connectivity index is 2.75. The lowest BCUT2D eigenvalue weighted by atomic mass is 10.0. The summed E-state index contributed by atoms with van der Waals surface area (Å²) in [5, 5.41) is 13.0. The number of halogens is 2. The van der Waals surface area contributed by atoms with Crippen LogP contribution in [0.3, 0.4) is 0 Å². The number of carboxylic acids is 1. The van der Waals surface area contributed by atoms with Crippen LogP contribution < -0.4 is 5.43 Å². The molecule has 1 heterocycles. The highest BCUT2D eigenvalue weighted by Crippen LogP contribution is 2.19. The van der Waals surface area contributed by atoms with Crippen LogP contribution in [0.15, 0.2) is 29.2 Å². The Labute approximate surface area is 133 Å². The Morgan fingerprint density at radius 2 is 2.10 bits per heavy atom. The molecule has 0 aliphatic rings. The van der Waals surface area contributed by atoms with Gasteiger partial charge in [0.1, 0.15) is 5.82 Å². The smallest absolute Gasteiger partial charge is 0.360 e. The van der Waals surface area contributed by atoms with Crippen molar-refractivity contribution in [3.8, 4) is 5.69 Å². The Bertz CT molecular complexity index is 771. The molecular weight excluding hydrogens is 390 g/mol. The van der Waals surface area contributed by atoms with E-state index in [0.717, 1.165) is 0 Å². The van der Waals surface area contributed by atoms with Crippen LogP contribution in [0.5, 0.6) is 0 Å². The minimum absolute atomic E-state index is 0.150. The fourth-order valence-corrected chi connectivity index (χ4v) is 2.58. The highest BCUT2D eigenvalue weighted by molar-refractivity contribution is 14.1. The van der Waals surface area contributed by atoms with Gasteiger partial charge in [-0.15, -0.1) is 0 Å². The maximum Gasteiger partial charge on any atom is 0.360 e. The molecule has 0 spiro atoms. The third-order valence-corrected chi connectivity index (χ3v) is 3.79. The monoisotopic (exact) mass is 402 g/mol. The normalized spacial score (nSPS) is 10.9. The Kier molecular flexibility index (Phi) is 4.40. The van der Waals surface area contributed by atoms with Crippen molar-refractivity contribution in [2.45, 2.75) is 19.8 Å². The third kappa shape index (κ3) is 3.12. The second-order valence-corrected chi connectivity index (χ2v) is 5.92. The van der Waals surface area contributed by atoms with Crippen LogP contribution in [0.4, 0.5) is 4.39 Å². The van der Waals surface area contributed by atoms with E-state index in [1.807, 2.05) is 22.6 Å². The summed E-state index contributed by atoms with van der Waals surface area (Å²) < 4.78 is 15.0. The van der Waals surface area contributed by atoms with Gasteiger partial charge in [0, 0.05) is 15.3 Å². The predicted molar refractivity (Wildman–Crippen MR) is 83.6 cm³/mol. The molecule has 0 aliphatic heterocycles. The summed E-state index contributed by atoms with van der Waals surface area (Å²) in [6.07, 6.45) is 1.49. The van der Waals surface area contributed by atoms with Crippen molar-refractivity contribution in [1.82, 2.24) is 9.78 Å². The Hall–Kier alpha value is -1.77. The molecule has 1 aromatic heterocycles. The first-order valence-electron chi connectivity index (χ1n) is 6.14. The summed E-state index contributed by atoms with van der Waals surface area (Å²) in [4.78, 5) is 23.2. The number of rotatable bonds is 3. The van der Waals surface area contributed by atoms with Crippen molar-refractivity contribution >= 4 is 28.6 Å². The molecule has 7 heteroatoms. The molecule has 110 valence electrons. The van der Waals surface area contributed by atoms with Gasteiger partial charge in [0.25, 0.3) is 0 Å². The molecule has 1 N–H and O–H groups in total. The van der Waals surface area contributed by atoms with E-state index in [4.69, 9.17) is 5.11 Å². The van der Waals surface area contributed by atoms with Crippen molar-refractivity contribution < 1.29 is 14.3 Å². The minimum atomic E-state index is -1.38. The highest BCUT2D eigenvalue weighted by Gasteiger charge is 2.18. The molecule has 0 saturated heterocycles. The van der Waals surface area contributed by atoms with Crippen molar-refractivity contribution in [2.24, 2.45) is 0 Å². The van der Waals surface area contributed by atoms with E-state index in [0.29, 0.717) is 14.8 Å². The summed E-state index contributed by atoms with van der Waals surface area (Å²) in [5.41, 5.74) is -0.267. The highest BCUT2D eigenvalue weighted by atomic mass is 127. The molecule has 0 amide bonds. The number of nitrogens with zero attached hydrogens (tertiary/aromatic N) is 2. The summed E-state index contributed by atoms with van der Waals surface area (Å²) in [5.74, 6) is -1.93. The van der Waals surface area contributed by atoms with Crippen molar-refractivity contribution in [1.29, 1.82) is 0 Å². The zero-order chi connectivity index (χ0) is 15.7. The average Bonchev–Trinajstić information content (AvgIpc) is 2.38. The zero-order valence-electron chi connectivity index (χ0n) is 11.3. The van der Waals surface area contributed by atoms with E-state index in [1.165, 1.54) is 29.1 Å². The molecule has 0 saturated carbocycles. The van der Waals surface area contributed by atoms with Gasteiger partial charge in [0.2, 0.25) is 11.1 Å². The molecule has 0 bridgehead atoms. The number of aromatic nitrogens is 2. The van der Waals surface area contributed by atoms with Gasteiger partial charge in [-0.2, -0.15) is 5.10 Å². The van der Waals surface area contributed by atoms with E-state index in [2.05, 4.69) is 5.10 Å². The first-order valence-corrected chi connectivity index (χ1v) is 7.21. The maximum absolute atomic E-state index is 13.2. The van der Waals surface area contributed by atoms with Crippen LogP contribution >= 0.6 is 22.6 Å². The van der Waals surface area contributed by atoms with Crippen LogP contribution in [0, 0.1) is 9.39 Å². The quantitative estimate of drug-likeness (QED) is 0.802. The van der Waals surface area contributed by atoms with Gasteiger partial charge < -0.3 is 5.11 Å². The van der Waals surface area contributed by atoms with Crippen LogP contribution in [-0.2, 0) is 0 Å². The lowest BCUT2D eigenvalue weighted by molar-refractivity contribution is 0.0686. The Morgan fingerprint density at radius 1 is 1.43 bits per heavy atom. The van der Waals surface area contributed by atoms with Crippen LogP contribution in [0.25, 0.3) is 5.69 Å². The minimum Gasteiger partial charge on any atom is -0.476 e. The SMILES string of the molecule is CC(C)c1cn(-c2ccc(F)cc2I)nc(C(=O)O)c1=O. The topological polar surface area (TPSA) is 72.2 Å². The van der Waals surface area contributed by atoms with Crippen molar-refractivity contribution in [2.75, 3.05) is 0 Å². The van der Waals surface area contributed by atoms with Gasteiger partial charge >= 0.3 is 5.97 Å². The van der Waals surface area contributed by atoms with Crippen LogP contribution in [0.1, 0.15) is 35.8 Å². The molecule has 0 aliphatic carbocycles. The second-order valence-electron chi connectivity index (χ2n) is 4.76. The van der Waals surface area contributed by atoms with Gasteiger partial charge in [-0.1, -0.05) is 13.8 Å². The fraction of sp³-hybridized carbons (Fsp3) is 0.214. The van der Waals surface area contributed by atoms with Crippen LogP contribution in [-0.4, -0.2) is 20.9 Å². The fourth-order valence-electron chi connectivity index (χ4n) is 1.85. The number of hydrogen-bond acceptors (Lipinski definition) is 3. The molecule has 0 unspecified atom stereocenters. The lowest BCUT2D eigenvalue weighted by Gasteiger charge is -2.12. The second kappa shape index (κ2) is 5.92. The van der Waals surface area contributed by atoms with E-state index >= 15 is 0 Å². The number of benzene rings is 1. The molecule has 5 nitrogen and oxygen atoms in total. The number of hydrogen-bond donors (Lipinski definition) is 1. The number of carboxylic acid groups (broad SMARTS) is 1. The summed E-state index contributed by atoms with van der Waals surface area (Å²) in [6.45, 7) is 3.59. The van der Waals surface area contributed by atoms with Gasteiger partial charge in [-0.3, -0.25) is 4.79 Å². The van der Waals surface area contributed by atoms with Gasteiger partial charge in [0.15, 0.2) is 0 Å². The van der Waals surface area contributed by atoms with E-state index < -0.39 is 22.9 Å². The standard InChI is InChI=1S/C14H12FIN2O3/c1-7(2)9-6-18(17-12(13(9)19)14(20)21)11-4-3-8(15)5-10(11)16/h3-7H,1-2H3,(H,20,21). The van der Waals surface area contributed by atoms with Gasteiger partial charge in [-0.05, 0) is 46.7 Å². The largest absolute Gasteiger partial charge is 0.476 e. The average molecular weight is 402 g/mol. The molecule has 0 radical (unpaired) electrons. The summed E-state index contributed by atoms with van der Waals surface area (Å²) in [7, 11) is 0. The number of carbonyl (C=O) groups is 1. The maximum atomic E-state index is 13.2. The molecular formula is C14H12FIN2O3. The van der Waals surface area contributed by atoms with Crippen LogP contribution in [0.2, 0.25) is 0 Å². The molecule has 2 aromatic rings. The summed E-state index contributed by atoms with van der Waals surface area (Å²) in [6, 6.07) is 4.06. The zero-order valence-corrected chi connectivity index (χ0v) is 13.5.